The molecule has 0 saturated carbocycles. The summed E-state index contributed by atoms with van der Waals surface area (Å²) in [5, 5.41) is 3.15. The van der Waals surface area contributed by atoms with Gasteiger partial charge in [0.25, 0.3) is 0 Å². The Bertz CT molecular complexity index is 837. The van der Waals surface area contributed by atoms with Crippen LogP contribution in [0.3, 0.4) is 0 Å². The zero-order chi connectivity index (χ0) is 20.5. The van der Waals surface area contributed by atoms with Crippen LogP contribution in [0, 0.1) is 5.92 Å². The lowest BCUT2D eigenvalue weighted by Crippen LogP contribution is -2.48. The number of nitrogens with zero attached hydrogens (tertiary/aromatic N) is 1. The van der Waals surface area contributed by atoms with E-state index in [-0.39, 0.29) is 30.2 Å². The van der Waals surface area contributed by atoms with Crippen LogP contribution in [0.25, 0.3) is 0 Å². The van der Waals surface area contributed by atoms with Crippen LogP contribution >= 0.6 is 0 Å². The number of hydrogen-bond donors (Lipinski definition) is 1. The molecule has 0 radical (unpaired) electrons. The van der Waals surface area contributed by atoms with E-state index >= 15 is 0 Å². The van der Waals surface area contributed by atoms with E-state index in [4.69, 9.17) is 9.47 Å². The number of piperidine rings is 1. The van der Waals surface area contributed by atoms with E-state index in [0.29, 0.717) is 31.6 Å². The van der Waals surface area contributed by atoms with Crippen LogP contribution in [0.4, 0.5) is 0 Å². The van der Waals surface area contributed by atoms with Gasteiger partial charge in [-0.2, -0.15) is 0 Å². The fraction of sp³-hybridized carbons (Fsp3) is 0.650. The van der Waals surface area contributed by atoms with Crippen molar-refractivity contribution < 1.29 is 22.7 Å². The second-order valence-electron chi connectivity index (χ2n) is 8.13. The van der Waals surface area contributed by atoms with Crippen molar-refractivity contribution in [3.8, 4) is 11.5 Å². The monoisotopic (exact) mass is 410 g/mol. The highest BCUT2D eigenvalue weighted by atomic mass is 32.2. The Balaban J connectivity index is 1.78. The van der Waals surface area contributed by atoms with Crippen LogP contribution in [0.15, 0.2) is 18.2 Å². The van der Waals surface area contributed by atoms with Gasteiger partial charge in [0.1, 0.15) is 17.1 Å². The van der Waals surface area contributed by atoms with Crippen molar-refractivity contribution in [2.24, 2.45) is 5.92 Å². The minimum absolute atomic E-state index is 0.0582. The molecule has 0 bridgehead atoms. The molecule has 1 fully saturated rings. The SMILES string of the molecule is CCS(=O)(=O)N1CCC[C@@H](C(=O)N[C@@H]2CC(C)(C)Oc3ccc(OC)cc32)C1. The molecular weight excluding hydrogens is 380 g/mol. The van der Waals surface area contributed by atoms with Gasteiger partial charge in [0.2, 0.25) is 15.9 Å². The average molecular weight is 411 g/mol. The van der Waals surface area contributed by atoms with Crippen LogP contribution < -0.4 is 14.8 Å². The highest BCUT2D eigenvalue weighted by Gasteiger charge is 2.37. The van der Waals surface area contributed by atoms with Crippen molar-refractivity contribution >= 4 is 15.9 Å². The van der Waals surface area contributed by atoms with Gasteiger partial charge in [0, 0.05) is 25.1 Å². The Labute approximate surface area is 167 Å². The maximum Gasteiger partial charge on any atom is 0.224 e. The zero-order valence-electron chi connectivity index (χ0n) is 17.0. The maximum absolute atomic E-state index is 13.0. The van der Waals surface area contributed by atoms with Gasteiger partial charge in [-0.25, -0.2) is 12.7 Å². The first kappa shape index (κ1) is 20.9. The lowest BCUT2D eigenvalue weighted by Gasteiger charge is -2.39. The molecule has 3 rings (SSSR count). The summed E-state index contributed by atoms with van der Waals surface area (Å²) >= 11 is 0. The number of carbonyl (C=O) groups is 1. The number of nitrogens with one attached hydrogen (secondary N) is 1. The Morgan fingerprint density at radius 3 is 2.82 bits per heavy atom. The number of ether oxygens (including phenoxy) is 2. The summed E-state index contributed by atoms with van der Waals surface area (Å²) < 4.78 is 37.2. The third kappa shape index (κ3) is 4.43. The molecule has 1 N–H and O–H groups in total. The molecule has 1 aromatic carbocycles. The number of methoxy groups -OCH3 is 1. The molecule has 0 spiro atoms. The molecule has 28 heavy (non-hydrogen) atoms. The average Bonchev–Trinajstić information content (AvgIpc) is 2.67. The number of carbonyl (C=O) groups excluding carboxylic acids is 1. The summed E-state index contributed by atoms with van der Waals surface area (Å²) in [5.74, 6) is 1.06. The van der Waals surface area contributed by atoms with Crippen LogP contribution in [0.1, 0.15) is 51.6 Å². The molecule has 2 heterocycles. The van der Waals surface area contributed by atoms with Gasteiger partial charge >= 0.3 is 0 Å². The number of fused-ring (bicyclic) bond motifs is 1. The first-order chi connectivity index (χ1) is 13.1. The molecule has 2 aliphatic rings. The molecule has 7 nitrogen and oxygen atoms in total. The molecule has 1 saturated heterocycles. The highest BCUT2D eigenvalue weighted by Crippen LogP contribution is 2.41. The molecule has 2 atom stereocenters. The Hall–Kier alpha value is -1.80. The Morgan fingerprint density at radius 2 is 2.14 bits per heavy atom. The smallest absolute Gasteiger partial charge is 0.224 e. The van der Waals surface area contributed by atoms with Gasteiger partial charge in [0.05, 0.1) is 24.8 Å². The topological polar surface area (TPSA) is 84.9 Å². The summed E-state index contributed by atoms with van der Waals surface area (Å²) in [7, 11) is -1.68. The fourth-order valence-corrected chi connectivity index (χ4v) is 5.15. The second kappa shape index (κ2) is 7.91. The Morgan fingerprint density at radius 1 is 1.39 bits per heavy atom. The molecule has 0 unspecified atom stereocenters. The first-order valence-electron chi connectivity index (χ1n) is 9.80. The summed E-state index contributed by atoms with van der Waals surface area (Å²) in [6.45, 7) is 6.36. The molecule has 2 aliphatic heterocycles. The molecule has 1 aromatic rings. The normalized spacial score (nSPS) is 24.7. The highest BCUT2D eigenvalue weighted by molar-refractivity contribution is 7.89. The Kier molecular flexibility index (Phi) is 5.91. The van der Waals surface area contributed by atoms with E-state index in [1.54, 1.807) is 14.0 Å². The minimum atomic E-state index is -3.28. The van der Waals surface area contributed by atoms with Crippen molar-refractivity contribution in [3.63, 3.8) is 0 Å². The van der Waals surface area contributed by atoms with Crippen LogP contribution in [0.2, 0.25) is 0 Å². The van der Waals surface area contributed by atoms with Crippen molar-refractivity contribution in [2.45, 2.75) is 51.7 Å². The van der Waals surface area contributed by atoms with Gasteiger partial charge in [-0.3, -0.25) is 4.79 Å². The molecule has 1 amide bonds. The predicted molar refractivity (Wildman–Crippen MR) is 107 cm³/mol. The van der Waals surface area contributed by atoms with E-state index in [2.05, 4.69) is 5.32 Å². The summed E-state index contributed by atoms with van der Waals surface area (Å²) in [6.07, 6.45) is 2.02. The van der Waals surface area contributed by atoms with Crippen molar-refractivity contribution in [2.75, 3.05) is 26.0 Å². The third-order valence-corrected chi connectivity index (χ3v) is 7.35. The molecular formula is C20H30N2O5S. The van der Waals surface area contributed by atoms with Crippen molar-refractivity contribution in [1.29, 1.82) is 0 Å². The lowest BCUT2D eigenvalue weighted by molar-refractivity contribution is -0.127. The molecule has 0 aliphatic carbocycles. The number of sulfonamides is 1. The number of amides is 1. The van der Waals surface area contributed by atoms with E-state index in [0.717, 1.165) is 11.3 Å². The standard InChI is InChI=1S/C20H30N2O5S/c1-5-28(24,25)22-10-6-7-14(13-22)19(23)21-17-12-20(2,3)27-18-9-8-15(26-4)11-16(17)18/h8-9,11,14,17H,5-7,10,12-13H2,1-4H3,(H,21,23)/t14-,17-/m1/s1. The summed E-state index contributed by atoms with van der Waals surface area (Å²) in [6, 6.07) is 5.39. The van der Waals surface area contributed by atoms with E-state index in [1.807, 2.05) is 32.0 Å². The third-order valence-electron chi connectivity index (χ3n) is 5.50. The number of hydrogen-bond acceptors (Lipinski definition) is 5. The first-order valence-corrected chi connectivity index (χ1v) is 11.4. The number of rotatable bonds is 5. The van der Waals surface area contributed by atoms with Gasteiger partial charge in [0.15, 0.2) is 0 Å². The van der Waals surface area contributed by atoms with Crippen molar-refractivity contribution in [1.82, 2.24) is 9.62 Å². The minimum Gasteiger partial charge on any atom is -0.497 e. The molecule has 0 aromatic heterocycles. The van der Waals surface area contributed by atoms with Crippen LogP contribution in [-0.4, -0.2) is 50.2 Å². The second-order valence-corrected chi connectivity index (χ2v) is 10.4. The maximum atomic E-state index is 13.0. The largest absolute Gasteiger partial charge is 0.497 e. The quantitative estimate of drug-likeness (QED) is 0.806. The molecule has 8 heteroatoms. The van der Waals surface area contributed by atoms with E-state index < -0.39 is 15.6 Å². The van der Waals surface area contributed by atoms with E-state index in [1.165, 1.54) is 4.31 Å². The zero-order valence-corrected chi connectivity index (χ0v) is 17.8. The summed E-state index contributed by atoms with van der Waals surface area (Å²) in [4.78, 5) is 13.0. The van der Waals surface area contributed by atoms with Crippen molar-refractivity contribution in [3.05, 3.63) is 23.8 Å². The molecule has 156 valence electrons. The van der Waals surface area contributed by atoms with Crippen LogP contribution in [-0.2, 0) is 14.8 Å². The van der Waals surface area contributed by atoms with E-state index in [9.17, 15) is 13.2 Å². The van der Waals surface area contributed by atoms with Gasteiger partial charge < -0.3 is 14.8 Å². The van der Waals surface area contributed by atoms with Gasteiger partial charge in [-0.05, 0) is 51.8 Å². The lowest BCUT2D eigenvalue weighted by atomic mass is 9.88. The van der Waals surface area contributed by atoms with Crippen LogP contribution in [0.5, 0.6) is 11.5 Å². The predicted octanol–water partition coefficient (Wildman–Crippen LogP) is 2.48. The van der Waals surface area contributed by atoms with Gasteiger partial charge in [-0.1, -0.05) is 0 Å². The fourth-order valence-electron chi connectivity index (χ4n) is 3.97. The number of benzene rings is 1. The summed E-state index contributed by atoms with van der Waals surface area (Å²) in [5.41, 5.74) is 0.477. The van der Waals surface area contributed by atoms with Gasteiger partial charge in [-0.15, -0.1) is 0 Å².